The van der Waals surface area contributed by atoms with Crippen LogP contribution in [-0.4, -0.2) is 51.6 Å². The van der Waals surface area contributed by atoms with Gasteiger partial charge in [-0.25, -0.2) is 4.79 Å². The number of carbonyl (C=O) groups is 1. The summed E-state index contributed by atoms with van der Waals surface area (Å²) < 4.78 is 5.27. The number of carbonyl (C=O) groups excluding carboxylic acids is 1. The van der Waals surface area contributed by atoms with Gasteiger partial charge < -0.3 is 19.8 Å². The molecule has 2 N–H and O–H groups in total. The molecule has 5 heteroatoms. The number of hydrogen-bond donors (Lipinski definition) is 2. The molecule has 1 aliphatic heterocycles. The van der Waals surface area contributed by atoms with Crippen LogP contribution < -0.4 is 0 Å². The number of amides is 1. The minimum atomic E-state index is -1.05. The summed E-state index contributed by atoms with van der Waals surface area (Å²) in [6.45, 7) is 7.27. The molecule has 0 aromatic carbocycles. The van der Waals surface area contributed by atoms with Crippen molar-refractivity contribution in [3.05, 3.63) is 0 Å². The first-order chi connectivity index (χ1) is 7.67. The van der Waals surface area contributed by atoms with Gasteiger partial charge in [-0.3, -0.25) is 0 Å². The predicted octanol–water partition coefficient (Wildman–Crippen LogP) is 1.13. The summed E-state index contributed by atoms with van der Waals surface area (Å²) in [7, 11) is 0. The third-order valence-corrected chi connectivity index (χ3v) is 2.98. The van der Waals surface area contributed by atoms with Crippen LogP contribution in [0.4, 0.5) is 4.79 Å². The quantitative estimate of drug-likeness (QED) is 0.726. The summed E-state index contributed by atoms with van der Waals surface area (Å²) in [5.74, 6) is 0. The Kier molecular flexibility index (Phi) is 4.04. The molecule has 1 heterocycles. The van der Waals surface area contributed by atoms with Gasteiger partial charge in [0.2, 0.25) is 0 Å². The average molecular weight is 245 g/mol. The van der Waals surface area contributed by atoms with Crippen LogP contribution >= 0.6 is 0 Å². The van der Waals surface area contributed by atoms with Gasteiger partial charge in [0.25, 0.3) is 0 Å². The number of likely N-dealkylation sites (tertiary alicyclic amines) is 1. The molecule has 0 radical (unpaired) electrons. The van der Waals surface area contributed by atoms with E-state index in [-0.39, 0.29) is 6.61 Å². The Morgan fingerprint density at radius 2 is 2.12 bits per heavy atom. The molecule has 17 heavy (non-hydrogen) atoms. The Morgan fingerprint density at radius 3 is 2.59 bits per heavy atom. The monoisotopic (exact) mass is 245 g/mol. The SMILES string of the molecule is CC(C)(C)OC(=O)N1CCCC(C)(O)[C@H]1CO. The molecule has 1 amide bonds. The Bertz CT molecular complexity index is 283. The van der Waals surface area contributed by atoms with E-state index in [0.717, 1.165) is 0 Å². The lowest BCUT2D eigenvalue weighted by molar-refractivity contribution is -0.0877. The van der Waals surface area contributed by atoms with E-state index >= 15 is 0 Å². The highest BCUT2D eigenvalue weighted by atomic mass is 16.6. The van der Waals surface area contributed by atoms with Crippen LogP contribution in [0.2, 0.25) is 0 Å². The number of nitrogens with zero attached hydrogens (tertiary/aromatic N) is 1. The van der Waals surface area contributed by atoms with Crippen LogP contribution in [0.1, 0.15) is 40.5 Å². The molecule has 0 bridgehead atoms. The van der Waals surface area contributed by atoms with Crippen molar-refractivity contribution in [3.8, 4) is 0 Å². The summed E-state index contributed by atoms with van der Waals surface area (Å²) in [5.41, 5.74) is -1.62. The molecule has 1 unspecified atom stereocenters. The lowest BCUT2D eigenvalue weighted by atomic mass is 9.87. The van der Waals surface area contributed by atoms with Crippen molar-refractivity contribution in [1.29, 1.82) is 0 Å². The van der Waals surface area contributed by atoms with Crippen LogP contribution in [0.5, 0.6) is 0 Å². The normalized spacial score (nSPS) is 30.2. The average Bonchev–Trinajstić information content (AvgIpc) is 2.13. The second-order valence-corrected chi connectivity index (χ2v) is 5.83. The van der Waals surface area contributed by atoms with E-state index in [0.29, 0.717) is 19.4 Å². The molecule has 1 aliphatic rings. The molecule has 0 spiro atoms. The Balaban J connectivity index is 2.78. The molecular weight excluding hydrogens is 222 g/mol. The van der Waals surface area contributed by atoms with Crippen molar-refractivity contribution in [2.24, 2.45) is 0 Å². The summed E-state index contributed by atoms with van der Waals surface area (Å²) >= 11 is 0. The fourth-order valence-electron chi connectivity index (χ4n) is 2.10. The van der Waals surface area contributed by atoms with Crippen LogP contribution in [0.25, 0.3) is 0 Å². The lowest BCUT2D eigenvalue weighted by Crippen LogP contribution is -2.59. The molecule has 0 saturated carbocycles. The van der Waals surface area contributed by atoms with Crippen molar-refractivity contribution in [3.63, 3.8) is 0 Å². The van der Waals surface area contributed by atoms with Gasteiger partial charge >= 0.3 is 6.09 Å². The molecular formula is C12H23NO4. The van der Waals surface area contributed by atoms with Gasteiger partial charge in [0, 0.05) is 6.54 Å². The second-order valence-electron chi connectivity index (χ2n) is 5.83. The molecule has 5 nitrogen and oxygen atoms in total. The van der Waals surface area contributed by atoms with Crippen molar-refractivity contribution in [2.75, 3.05) is 13.2 Å². The summed E-state index contributed by atoms with van der Waals surface area (Å²) in [4.78, 5) is 13.4. The standard InChI is InChI=1S/C12H23NO4/c1-11(2,3)17-10(15)13-7-5-6-12(4,16)9(13)8-14/h9,14,16H,5-8H2,1-4H3/t9-,12?/m1/s1. The number of ether oxygens (including phenoxy) is 1. The molecule has 100 valence electrons. The predicted molar refractivity (Wildman–Crippen MR) is 63.7 cm³/mol. The molecule has 1 rings (SSSR count). The van der Waals surface area contributed by atoms with Gasteiger partial charge in [-0.15, -0.1) is 0 Å². The van der Waals surface area contributed by atoms with Gasteiger partial charge in [-0.2, -0.15) is 0 Å². The largest absolute Gasteiger partial charge is 0.444 e. The van der Waals surface area contributed by atoms with E-state index in [2.05, 4.69) is 0 Å². The fourth-order valence-corrected chi connectivity index (χ4v) is 2.10. The minimum absolute atomic E-state index is 0.258. The zero-order valence-electron chi connectivity index (χ0n) is 11.1. The fraction of sp³-hybridized carbons (Fsp3) is 0.917. The van der Waals surface area contributed by atoms with E-state index in [1.165, 1.54) is 4.90 Å². The van der Waals surface area contributed by atoms with Gasteiger partial charge in [0.15, 0.2) is 0 Å². The van der Waals surface area contributed by atoms with Crippen molar-refractivity contribution < 1.29 is 19.7 Å². The lowest BCUT2D eigenvalue weighted by Gasteiger charge is -2.44. The van der Waals surface area contributed by atoms with E-state index in [1.807, 2.05) is 0 Å². The van der Waals surface area contributed by atoms with Gasteiger partial charge in [0.05, 0.1) is 18.2 Å². The zero-order valence-corrected chi connectivity index (χ0v) is 11.1. The summed E-state index contributed by atoms with van der Waals surface area (Å²) in [5, 5.41) is 19.5. The first kappa shape index (κ1) is 14.3. The Morgan fingerprint density at radius 1 is 1.53 bits per heavy atom. The number of aliphatic hydroxyl groups excluding tert-OH is 1. The maximum atomic E-state index is 12.0. The van der Waals surface area contributed by atoms with Crippen LogP contribution in [-0.2, 0) is 4.74 Å². The number of rotatable bonds is 1. The van der Waals surface area contributed by atoms with E-state index < -0.39 is 23.3 Å². The van der Waals surface area contributed by atoms with E-state index in [9.17, 15) is 15.0 Å². The van der Waals surface area contributed by atoms with Crippen LogP contribution in [0, 0.1) is 0 Å². The van der Waals surface area contributed by atoms with Gasteiger partial charge in [0.1, 0.15) is 5.60 Å². The summed E-state index contributed by atoms with van der Waals surface area (Å²) in [6, 6.07) is -0.592. The smallest absolute Gasteiger partial charge is 0.410 e. The van der Waals surface area contributed by atoms with Crippen molar-refractivity contribution in [2.45, 2.75) is 57.8 Å². The van der Waals surface area contributed by atoms with Crippen LogP contribution in [0.15, 0.2) is 0 Å². The first-order valence-electron chi connectivity index (χ1n) is 6.00. The summed E-state index contributed by atoms with van der Waals surface area (Å²) in [6.07, 6.45) is 0.816. The topological polar surface area (TPSA) is 70.0 Å². The van der Waals surface area contributed by atoms with Gasteiger partial charge in [-0.1, -0.05) is 0 Å². The van der Waals surface area contributed by atoms with Crippen LogP contribution in [0.3, 0.4) is 0 Å². The molecule has 0 aromatic heterocycles. The highest BCUT2D eigenvalue weighted by Crippen LogP contribution is 2.28. The minimum Gasteiger partial charge on any atom is -0.444 e. The highest BCUT2D eigenvalue weighted by Gasteiger charge is 2.42. The number of piperidine rings is 1. The number of hydrogen-bond acceptors (Lipinski definition) is 4. The van der Waals surface area contributed by atoms with Crippen molar-refractivity contribution >= 4 is 6.09 Å². The van der Waals surface area contributed by atoms with E-state index in [1.54, 1.807) is 27.7 Å². The zero-order chi connectivity index (χ0) is 13.3. The molecule has 0 aliphatic carbocycles. The maximum Gasteiger partial charge on any atom is 0.410 e. The Hall–Kier alpha value is -0.810. The first-order valence-corrected chi connectivity index (χ1v) is 6.00. The van der Waals surface area contributed by atoms with Crippen molar-refractivity contribution in [1.82, 2.24) is 4.90 Å². The second kappa shape index (κ2) is 4.82. The highest BCUT2D eigenvalue weighted by molar-refractivity contribution is 5.69. The molecule has 0 aromatic rings. The Labute approximate surface area is 102 Å². The third kappa shape index (κ3) is 3.57. The molecule has 1 saturated heterocycles. The molecule has 1 fully saturated rings. The van der Waals surface area contributed by atoms with E-state index in [4.69, 9.17) is 4.74 Å². The third-order valence-electron chi connectivity index (χ3n) is 2.98. The maximum absolute atomic E-state index is 12.0. The number of aliphatic hydroxyl groups is 2. The van der Waals surface area contributed by atoms with Gasteiger partial charge in [-0.05, 0) is 40.5 Å². The molecule has 2 atom stereocenters.